The molecule has 45 nitrogen and oxygen atoms in total. The summed E-state index contributed by atoms with van der Waals surface area (Å²) in [4.78, 5) is 44.2. The number of fused-ring (bicyclic) bond motifs is 6. The summed E-state index contributed by atoms with van der Waals surface area (Å²) in [6, 6.07) is 16.1. The number of aromatic nitrogens is 29. The van der Waals surface area contributed by atoms with Crippen LogP contribution in [0.5, 0.6) is 0 Å². The average molecular weight is 2040 g/mol. The van der Waals surface area contributed by atoms with E-state index >= 15 is 0 Å². The molecule has 0 unspecified atom stereocenters. The first-order valence-corrected chi connectivity index (χ1v) is 48.1. The van der Waals surface area contributed by atoms with Crippen molar-refractivity contribution in [3.05, 3.63) is 189 Å². The predicted octanol–water partition coefficient (Wildman–Crippen LogP) is 23.9. The van der Waals surface area contributed by atoms with E-state index in [9.17, 15) is 22.8 Å². The number of aryl methyl sites for hydroxylation is 12. The van der Waals surface area contributed by atoms with Gasteiger partial charge in [0.2, 0.25) is 11.6 Å². The Bertz CT molecular complexity index is 8530. The minimum atomic E-state index is -4.68. The Labute approximate surface area is 857 Å². The minimum Gasteiger partial charge on any atom is -0.310 e. The molecule has 17 aromatic rings. The van der Waals surface area contributed by atoms with Gasteiger partial charge in [0.15, 0.2) is 90.8 Å². The van der Waals surface area contributed by atoms with Crippen molar-refractivity contribution in [1.82, 2.24) is 140 Å². The number of hydrogen-bond acceptors (Lipinski definition) is 27. The molecule has 0 bridgehead atoms. The maximum Gasteiger partial charge on any atom is 0.453 e. The van der Waals surface area contributed by atoms with E-state index in [4.69, 9.17) is 46.7 Å². The van der Waals surface area contributed by atoms with Gasteiger partial charge in [-0.25, -0.2) is 61.6 Å². The van der Waals surface area contributed by atoms with Gasteiger partial charge in [-0.05, 0) is 66.7 Å². The van der Waals surface area contributed by atoms with E-state index in [-0.39, 0.29) is 61.5 Å². The summed E-state index contributed by atoms with van der Waals surface area (Å²) in [5.41, 5.74) is 12.8. The van der Waals surface area contributed by atoms with Gasteiger partial charge in [-0.2, -0.15) is 91.8 Å². The van der Waals surface area contributed by atoms with E-state index in [0.29, 0.717) is 90.9 Å². The molecule has 776 valence electrons. The molecule has 0 N–H and O–H groups in total. The molecule has 15 heterocycles. The van der Waals surface area contributed by atoms with E-state index in [1.54, 1.807) is 53.8 Å². The van der Waals surface area contributed by atoms with Crippen LogP contribution in [-0.4, -0.2) is 140 Å². The van der Waals surface area contributed by atoms with Gasteiger partial charge in [-0.1, -0.05) is 216 Å². The molecule has 148 heavy (non-hydrogen) atoms. The topological polar surface area (TPSA) is 427 Å². The second-order valence-electron chi connectivity index (χ2n) is 44.7. The smallest absolute Gasteiger partial charge is 0.310 e. The molecule has 0 saturated heterocycles. The molecule has 49 heteroatoms. The zero-order valence-electron chi connectivity index (χ0n) is 91.3. The molecule has 0 radical (unpaired) electrons. The van der Waals surface area contributed by atoms with E-state index in [1.165, 1.54) is 39.6 Å². The van der Waals surface area contributed by atoms with Crippen LogP contribution in [0.2, 0.25) is 0 Å². The third kappa shape index (κ3) is 20.9. The summed E-state index contributed by atoms with van der Waals surface area (Å²) in [6.45, 7) is 88.2. The molecule has 15 aromatic heterocycles. The summed E-state index contributed by atoms with van der Waals surface area (Å²) in [7, 11) is 17.1. The average Bonchev–Trinajstić information content (AvgIpc) is 1.58. The highest BCUT2D eigenvalue weighted by Gasteiger charge is 2.42. The molecular weight excluding hydrogens is 1910 g/mol. The number of imidazole rings is 1. The second kappa shape index (κ2) is 39.3. The molecule has 0 fully saturated rings. The summed E-state index contributed by atoms with van der Waals surface area (Å²) in [6.07, 6.45) is -4.68. The zero-order chi connectivity index (χ0) is 110. The standard InChI is InChI=1S/C25H31N9.C20H27N9O2.C19H24F3N9.C18H22N8.C17H22N8S/c1-15-12-11-13-16(14-15)21-31-33(10)23-18(20(25(5,6)7)30-34(21)23)27-28-22-17(26-8)19(24(2,3)4)29-32(22)9;1-19(2,3)13-11(21-7)15(28(10)24-13)23-22-12-14(20(4,5)6)25-29-16(12)26(8)17(30)27(9)18(29)31;1-17(2,3)12-10(23-7)14(29(8)26-12)25-24-11-13(18(4,5)6)27-31-15(11)30(9)28-16(31)19(20,21)22;1-11-22-25(6)16-14(15(18(2,3)4)23-26(11)16)20-21-17-19-12-9-7-8-10-13(12)24(17)5;1-9(2)14-22-24(8)16-12(13(17(4,5)6)21-25(14)16)19-20-15-11(18-7)10(3)23-26-15/h11-14H,1-7,9-10H3;1-6,8-10H3;1-6,8-9H3;7-10H,1-6H3;9H,1-6,8H3. The first-order valence-electron chi connectivity index (χ1n) is 47.3. The third-order valence-corrected chi connectivity index (χ3v) is 24.5. The number of azo groups is 5. The fraction of sp³-hybridized carbons (Fsp3) is 0.495. The van der Waals surface area contributed by atoms with E-state index < -0.39 is 39.6 Å². The number of alkyl halides is 3. The van der Waals surface area contributed by atoms with Crippen molar-refractivity contribution in [2.75, 3.05) is 0 Å². The lowest BCUT2D eigenvalue weighted by Crippen LogP contribution is -2.41. The molecule has 0 saturated carbocycles. The van der Waals surface area contributed by atoms with Gasteiger partial charge >= 0.3 is 17.6 Å². The van der Waals surface area contributed by atoms with Gasteiger partial charge in [-0.3, -0.25) is 18.6 Å². The van der Waals surface area contributed by atoms with Crippen molar-refractivity contribution in [3.8, 4) is 11.4 Å². The number of benzene rings is 2. The van der Waals surface area contributed by atoms with Crippen LogP contribution in [0.25, 0.3) is 70.0 Å². The van der Waals surface area contributed by atoms with E-state index in [2.05, 4.69) is 216 Å². The Balaban J connectivity index is 0.000000155. The molecule has 0 atom stereocenters. The molecule has 17 rings (SSSR count). The fourth-order valence-corrected chi connectivity index (χ4v) is 16.9. The van der Waals surface area contributed by atoms with Gasteiger partial charge in [0, 0.05) is 109 Å². The van der Waals surface area contributed by atoms with Gasteiger partial charge in [-0.15, -0.1) is 56.2 Å². The monoisotopic (exact) mass is 2040 g/mol. The number of rotatable bonds is 12. The predicted molar refractivity (Wildman–Crippen MR) is 560 cm³/mol. The Morgan fingerprint density at radius 3 is 1.15 bits per heavy atom. The van der Waals surface area contributed by atoms with Gasteiger partial charge < -0.3 is 4.57 Å². The summed E-state index contributed by atoms with van der Waals surface area (Å²) in [5.74, 6) is 3.03. The van der Waals surface area contributed by atoms with Crippen molar-refractivity contribution >= 4 is 130 Å². The molecule has 0 spiro atoms. The first-order chi connectivity index (χ1) is 68.5. The maximum atomic E-state index is 13.5. The van der Waals surface area contributed by atoms with Crippen LogP contribution in [0.15, 0.2) is 109 Å². The number of nitrogens with zero attached hydrogens (tertiary/aromatic N) is 43. The molecule has 0 aliphatic rings. The van der Waals surface area contributed by atoms with E-state index in [1.807, 2.05) is 193 Å². The molecular formula is C99H126F3N43O2S. The first kappa shape index (κ1) is 109. The van der Waals surface area contributed by atoms with Crippen LogP contribution < -0.4 is 11.4 Å². The largest absolute Gasteiger partial charge is 0.453 e. The van der Waals surface area contributed by atoms with Gasteiger partial charge in [0.25, 0.3) is 22.9 Å². The minimum absolute atomic E-state index is 0.0589. The SMILES string of the molecule is Cc1nn(C)c2c(N=Nc3nc4ccccc4n3C)c(C(C)(C)C)nn12.[C-]#[N+]c1c(C(C)(C)C)nn(C)c1N=Nc1c(C(C)(C)C)nn2c(-c3cccc(C)c3)nn(C)c12.[C-]#[N+]c1c(C(C)(C)C)nn(C)c1N=Nc1c(C(C)(C)C)nn2c(=O)n(C)c(=O)n(C)c12.[C-]#[N+]c1c(C(C)(C)C)nn(C)c1N=Nc1c(C(C)(C)C)nn2c(C(F)(F)F)nn(C)c12.[C-]#[N+]c1c(C)nsc1N=Nc1c(C(C)(C)C)nn2c(C(C)C)nn(C)c12. The number of hydrogen-bond donors (Lipinski definition) is 0. The highest BCUT2D eigenvalue weighted by molar-refractivity contribution is 7.10. The molecule has 0 aliphatic heterocycles. The van der Waals surface area contributed by atoms with Crippen molar-refractivity contribution < 1.29 is 13.2 Å². The van der Waals surface area contributed by atoms with Crippen LogP contribution in [0, 0.1) is 47.1 Å². The summed E-state index contributed by atoms with van der Waals surface area (Å²) in [5, 5.41) is 98.6. The summed E-state index contributed by atoms with van der Waals surface area (Å²) >= 11 is 1.18. The van der Waals surface area contributed by atoms with Crippen LogP contribution in [0.3, 0.4) is 0 Å². The highest BCUT2D eigenvalue weighted by Crippen LogP contribution is 2.49. The molecule has 0 aliphatic carbocycles. The van der Waals surface area contributed by atoms with Crippen LogP contribution in [-0.2, 0) is 120 Å². The van der Waals surface area contributed by atoms with E-state index in [0.717, 1.165) is 97.6 Å². The fourth-order valence-electron chi connectivity index (χ4n) is 16.2. The van der Waals surface area contributed by atoms with Gasteiger partial charge in [0.05, 0.1) is 88.6 Å². The Hall–Kier alpha value is -16.2. The van der Waals surface area contributed by atoms with Crippen LogP contribution in [0.4, 0.5) is 92.8 Å². The Morgan fingerprint density at radius 1 is 0.351 bits per heavy atom. The maximum absolute atomic E-state index is 13.5. The van der Waals surface area contributed by atoms with Crippen molar-refractivity contribution in [2.45, 2.75) is 256 Å². The molecule has 2 aromatic carbocycles. The quantitative estimate of drug-likeness (QED) is 0.0810. The second-order valence-corrected chi connectivity index (χ2v) is 45.4. The lowest BCUT2D eigenvalue weighted by molar-refractivity contribution is -0.146. The van der Waals surface area contributed by atoms with Crippen molar-refractivity contribution in [2.24, 2.45) is 122 Å². The van der Waals surface area contributed by atoms with Crippen molar-refractivity contribution in [1.29, 1.82) is 0 Å². The van der Waals surface area contributed by atoms with Crippen LogP contribution >= 0.6 is 11.5 Å². The lowest BCUT2D eigenvalue weighted by atomic mass is 9.91. The number of para-hydroxylation sites is 2. The van der Waals surface area contributed by atoms with Crippen LogP contribution in [0.1, 0.15) is 260 Å². The van der Waals surface area contributed by atoms with Gasteiger partial charge in [0.1, 0.15) is 5.82 Å². The van der Waals surface area contributed by atoms with Crippen molar-refractivity contribution in [3.63, 3.8) is 0 Å². The normalized spacial score (nSPS) is 12.9. The number of halogens is 3. The zero-order valence-corrected chi connectivity index (χ0v) is 92.1. The Kier molecular flexibility index (Phi) is 28.9. The summed E-state index contributed by atoms with van der Waals surface area (Å²) < 4.78 is 67.2. The molecule has 0 amide bonds. The Morgan fingerprint density at radius 2 is 0.723 bits per heavy atom. The highest BCUT2D eigenvalue weighted by atomic mass is 32.1. The third-order valence-electron chi connectivity index (χ3n) is 23.7. The lowest BCUT2D eigenvalue weighted by Gasteiger charge is -2.15.